The summed E-state index contributed by atoms with van der Waals surface area (Å²) in [6.45, 7) is 12.2. The van der Waals surface area contributed by atoms with Crippen molar-refractivity contribution in [2.45, 2.75) is 39.2 Å². The highest BCUT2D eigenvalue weighted by Gasteiger charge is 2.31. The van der Waals surface area contributed by atoms with E-state index in [2.05, 4.69) is 42.8 Å². The molecule has 1 atom stereocenters. The summed E-state index contributed by atoms with van der Waals surface area (Å²) in [5.74, 6) is 1.67. The molecule has 1 unspecified atom stereocenters. The molecule has 2 aliphatic rings. The second-order valence-electron chi connectivity index (χ2n) is 8.01. The largest absolute Gasteiger partial charge is 0.368 e. The zero-order chi connectivity index (χ0) is 21.1. The number of hydrogen-bond acceptors (Lipinski definition) is 6. The van der Waals surface area contributed by atoms with Crippen LogP contribution in [0.15, 0.2) is 24.8 Å². The topological polar surface area (TPSA) is 70.6 Å². The van der Waals surface area contributed by atoms with Crippen LogP contribution in [0, 0.1) is 6.92 Å². The van der Waals surface area contributed by atoms with Crippen LogP contribution in [0.5, 0.6) is 0 Å². The van der Waals surface area contributed by atoms with Gasteiger partial charge in [0.1, 0.15) is 11.9 Å². The van der Waals surface area contributed by atoms with Gasteiger partial charge in [-0.2, -0.15) is 4.98 Å². The fourth-order valence-electron chi connectivity index (χ4n) is 4.24. The minimum atomic E-state index is -0.251. The fourth-order valence-corrected chi connectivity index (χ4v) is 4.24. The van der Waals surface area contributed by atoms with Gasteiger partial charge >= 0.3 is 0 Å². The van der Waals surface area contributed by atoms with E-state index in [-0.39, 0.29) is 12.0 Å². The van der Waals surface area contributed by atoms with E-state index in [9.17, 15) is 4.79 Å². The van der Waals surface area contributed by atoms with Gasteiger partial charge in [-0.05, 0) is 49.4 Å². The van der Waals surface area contributed by atoms with Crippen molar-refractivity contribution < 1.29 is 9.53 Å². The van der Waals surface area contributed by atoms with Crippen molar-refractivity contribution in [3.8, 4) is 0 Å². The van der Waals surface area contributed by atoms with E-state index in [0.29, 0.717) is 32.2 Å². The number of ether oxygens (including phenoxy) is 1. The van der Waals surface area contributed by atoms with Gasteiger partial charge in [0.05, 0.1) is 5.52 Å². The van der Waals surface area contributed by atoms with Crippen molar-refractivity contribution in [2.75, 3.05) is 49.5 Å². The number of aromatic nitrogens is 2. The molecule has 0 bridgehead atoms. The number of aryl methyl sites for hydroxylation is 2. The maximum atomic E-state index is 12.6. The number of amides is 1. The molecule has 1 amide bonds. The predicted molar refractivity (Wildman–Crippen MR) is 120 cm³/mol. The van der Waals surface area contributed by atoms with Gasteiger partial charge in [-0.25, -0.2) is 4.98 Å². The average molecular weight is 410 g/mol. The van der Waals surface area contributed by atoms with Crippen LogP contribution >= 0.6 is 0 Å². The number of carbonyl (C=O) groups is 1. The predicted octanol–water partition coefficient (Wildman–Crippen LogP) is 2.93. The lowest BCUT2D eigenvalue weighted by atomic mass is 10.0. The number of benzene rings is 1. The molecule has 2 saturated heterocycles. The first-order valence-electron chi connectivity index (χ1n) is 10.9. The molecule has 30 heavy (non-hydrogen) atoms. The Kier molecular flexibility index (Phi) is 6.18. The molecule has 1 aromatic carbocycles. The molecule has 0 radical (unpaired) electrons. The zero-order valence-corrected chi connectivity index (χ0v) is 18.0. The van der Waals surface area contributed by atoms with Crippen LogP contribution in [0.1, 0.15) is 30.9 Å². The van der Waals surface area contributed by atoms with Crippen molar-refractivity contribution >= 4 is 28.6 Å². The summed E-state index contributed by atoms with van der Waals surface area (Å²) in [5.41, 5.74) is 3.50. The third kappa shape index (κ3) is 4.12. The first-order chi connectivity index (χ1) is 14.6. The van der Waals surface area contributed by atoms with Crippen molar-refractivity contribution in [3.05, 3.63) is 35.9 Å². The molecule has 4 rings (SSSR count). The Labute approximate surface area is 178 Å². The van der Waals surface area contributed by atoms with Crippen LogP contribution in [0.25, 0.3) is 10.9 Å². The number of nitrogens with one attached hydrogen (secondary N) is 1. The molecule has 7 nitrogen and oxygen atoms in total. The summed E-state index contributed by atoms with van der Waals surface area (Å²) in [7, 11) is 0. The molecule has 0 saturated carbocycles. The maximum Gasteiger partial charge on any atom is 0.251 e. The Hall–Kier alpha value is -2.67. The number of carbonyl (C=O) groups excluding carboxylic acids is 1. The first kappa shape index (κ1) is 20.6. The molecule has 1 N–H and O–H groups in total. The van der Waals surface area contributed by atoms with Crippen LogP contribution in [-0.4, -0.2) is 66.2 Å². The Morgan fingerprint density at radius 1 is 1.30 bits per heavy atom. The van der Waals surface area contributed by atoms with Crippen molar-refractivity contribution in [1.29, 1.82) is 0 Å². The second kappa shape index (κ2) is 9.00. The minimum absolute atomic E-state index is 0.127. The van der Waals surface area contributed by atoms with Crippen LogP contribution < -0.4 is 10.2 Å². The molecule has 160 valence electrons. The van der Waals surface area contributed by atoms with E-state index in [1.54, 1.807) is 0 Å². The highest BCUT2D eigenvalue weighted by atomic mass is 16.5. The van der Waals surface area contributed by atoms with Crippen molar-refractivity contribution in [2.24, 2.45) is 0 Å². The summed E-state index contributed by atoms with van der Waals surface area (Å²) >= 11 is 0. The number of hydrogen-bond donors (Lipinski definition) is 1. The van der Waals surface area contributed by atoms with Gasteiger partial charge in [-0.1, -0.05) is 13.0 Å². The molecule has 2 aromatic rings. The Balaban J connectivity index is 1.56. The molecule has 0 spiro atoms. The Morgan fingerprint density at radius 3 is 2.77 bits per heavy atom. The minimum Gasteiger partial charge on any atom is -0.368 e. The molecule has 2 aliphatic heterocycles. The summed E-state index contributed by atoms with van der Waals surface area (Å²) in [4.78, 5) is 26.4. The summed E-state index contributed by atoms with van der Waals surface area (Å²) < 4.78 is 5.57. The number of anilines is 2. The molecule has 1 aromatic heterocycles. The lowest BCUT2D eigenvalue weighted by molar-refractivity contribution is -0.141. The Morgan fingerprint density at radius 2 is 2.10 bits per heavy atom. The third-order valence-electron chi connectivity index (χ3n) is 6.02. The highest BCUT2D eigenvalue weighted by molar-refractivity contribution is 5.91. The van der Waals surface area contributed by atoms with E-state index in [1.807, 2.05) is 11.0 Å². The fraction of sp³-hybridized carbons (Fsp3) is 0.522. The lowest BCUT2D eigenvalue weighted by Gasteiger charge is -2.36. The molecular weight excluding hydrogens is 378 g/mol. The molecule has 7 heteroatoms. The van der Waals surface area contributed by atoms with Gasteiger partial charge in [0.15, 0.2) is 0 Å². The van der Waals surface area contributed by atoms with Gasteiger partial charge < -0.3 is 19.9 Å². The first-order valence-corrected chi connectivity index (χ1v) is 10.9. The van der Waals surface area contributed by atoms with Gasteiger partial charge in [-0.15, -0.1) is 6.58 Å². The summed E-state index contributed by atoms with van der Waals surface area (Å²) in [6.07, 6.45) is 4.37. The van der Waals surface area contributed by atoms with E-state index >= 15 is 0 Å². The highest BCUT2D eigenvalue weighted by Crippen LogP contribution is 2.27. The molecule has 0 aliphatic carbocycles. The van der Waals surface area contributed by atoms with Crippen molar-refractivity contribution in [3.63, 3.8) is 0 Å². The van der Waals surface area contributed by atoms with Crippen LogP contribution in [-0.2, 0) is 16.0 Å². The number of rotatable bonds is 6. The van der Waals surface area contributed by atoms with Gasteiger partial charge in [0.25, 0.3) is 5.91 Å². The summed E-state index contributed by atoms with van der Waals surface area (Å²) in [6, 6.07) is 4.34. The van der Waals surface area contributed by atoms with E-state index in [4.69, 9.17) is 14.7 Å². The van der Waals surface area contributed by atoms with Gasteiger partial charge in [0, 0.05) is 44.7 Å². The molecular formula is C23H31N5O2. The smallest absolute Gasteiger partial charge is 0.251 e. The maximum absolute atomic E-state index is 12.6. The van der Waals surface area contributed by atoms with Crippen LogP contribution in [0.4, 0.5) is 11.8 Å². The SMILES string of the molecule is C=CCNc1nc(N2CCN(C(=O)C3CCCO3)CC2)nc2cc(C)c(CC)cc12. The van der Waals surface area contributed by atoms with Gasteiger partial charge in [-0.3, -0.25) is 4.79 Å². The third-order valence-corrected chi connectivity index (χ3v) is 6.02. The quantitative estimate of drug-likeness (QED) is 0.740. The standard InChI is InChI=1S/C23H31N5O2/c1-4-8-24-21-18-15-17(5-2)16(3)14-19(18)25-23(26-21)28-11-9-27(10-12-28)22(29)20-7-6-13-30-20/h4,14-15,20H,1,5-13H2,2-3H3,(H,24,25,26). The Bertz CT molecular complexity index is 931. The van der Waals surface area contributed by atoms with E-state index in [1.165, 1.54) is 11.1 Å². The summed E-state index contributed by atoms with van der Waals surface area (Å²) in [5, 5.41) is 4.41. The van der Waals surface area contributed by atoms with Gasteiger partial charge in [0.2, 0.25) is 5.95 Å². The number of fused-ring (bicyclic) bond motifs is 1. The number of piperazine rings is 1. The van der Waals surface area contributed by atoms with Crippen LogP contribution in [0.3, 0.4) is 0 Å². The number of nitrogens with zero attached hydrogens (tertiary/aromatic N) is 4. The van der Waals surface area contributed by atoms with Crippen molar-refractivity contribution in [1.82, 2.24) is 14.9 Å². The second-order valence-corrected chi connectivity index (χ2v) is 8.01. The normalized spacial score (nSPS) is 19.3. The average Bonchev–Trinajstić information content (AvgIpc) is 3.31. The molecule has 3 heterocycles. The van der Waals surface area contributed by atoms with Crippen LogP contribution in [0.2, 0.25) is 0 Å². The molecule has 2 fully saturated rings. The zero-order valence-electron chi connectivity index (χ0n) is 18.0. The van der Waals surface area contributed by atoms with E-state index in [0.717, 1.165) is 49.1 Å². The monoisotopic (exact) mass is 409 g/mol. The lowest BCUT2D eigenvalue weighted by Crippen LogP contribution is -2.51. The van der Waals surface area contributed by atoms with E-state index < -0.39 is 0 Å².